The topological polar surface area (TPSA) is 102 Å². The van der Waals surface area contributed by atoms with Crippen LogP contribution < -0.4 is 9.47 Å². The van der Waals surface area contributed by atoms with Crippen LogP contribution in [0.25, 0.3) is 0 Å². The number of rotatable bonds is 10. The number of ether oxygens (including phenoxy) is 3. The van der Waals surface area contributed by atoms with Gasteiger partial charge in [0.05, 0.1) is 6.61 Å². The normalized spacial score (nSPS) is 11.2. The molecule has 3 aromatic rings. The van der Waals surface area contributed by atoms with Gasteiger partial charge in [0.2, 0.25) is 0 Å². The number of carbonyl (C=O) groups is 1. The lowest BCUT2D eigenvalue weighted by molar-refractivity contribution is 0.104. The summed E-state index contributed by atoms with van der Waals surface area (Å²) in [6.07, 6.45) is 0.399. The first kappa shape index (κ1) is 22.7. The molecule has 0 fully saturated rings. The largest absolute Gasteiger partial charge is 0.491 e. The Bertz CT molecular complexity index is 1060. The number of hydrogen-bond acceptors (Lipinski definition) is 5. The van der Waals surface area contributed by atoms with E-state index < -0.39 is 13.1 Å². The van der Waals surface area contributed by atoms with Crippen molar-refractivity contribution in [2.75, 3.05) is 20.3 Å². The Morgan fingerprint density at radius 1 is 0.903 bits per heavy atom. The molecule has 162 valence electrons. The van der Waals surface area contributed by atoms with Gasteiger partial charge < -0.3 is 24.0 Å². The van der Waals surface area contributed by atoms with Gasteiger partial charge in [0.1, 0.15) is 23.9 Å². The molecule has 0 aliphatic heterocycles. The Morgan fingerprint density at radius 3 is 2.23 bits per heavy atom. The lowest BCUT2D eigenvalue weighted by Crippen LogP contribution is -2.08. The molecule has 3 rings (SSSR count). The van der Waals surface area contributed by atoms with Crippen molar-refractivity contribution in [3.05, 3.63) is 89.5 Å². The Labute approximate surface area is 180 Å². The van der Waals surface area contributed by atoms with Crippen LogP contribution in [0.5, 0.6) is 17.2 Å². The van der Waals surface area contributed by atoms with E-state index >= 15 is 0 Å². The summed E-state index contributed by atoms with van der Waals surface area (Å²) in [6.45, 7) is 0.688. The van der Waals surface area contributed by atoms with Gasteiger partial charge >= 0.3 is 7.60 Å². The Kier molecular flexibility index (Phi) is 7.60. The van der Waals surface area contributed by atoms with Crippen molar-refractivity contribution < 1.29 is 33.4 Å². The standard InChI is InChI=1S/C23H23O7P/c1-28-13-14-29-22-12-9-18(23(24)31(25,26)27)16-19(22)15-17-7-10-21(11-8-17)30-20-5-3-2-4-6-20/h2-12,16H,13-15H2,1H3,(H2,25,26,27). The van der Waals surface area contributed by atoms with Crippen LogP contribution in [0.15, 0.2) is 72.8 Å². The van der Waals surface area contributed by atoms with E-state index in [9.17, 15) is 19.1 Å². The molecule has 0 saturated heterocycles. The summed E-state index contributed by atoms with van der Waals surface area (Å²) < 4.78 is 27.9. The molecule has 0 aromatic heterocycles. The highest BCUT2D eigenvalue weighted by molar-refractivity contribution is 7.70. The van der Waals surface area contributed by atoms with Crippen LogP contribution in [0.3, 0.4) is 0 Å². The molecule has 0 unspecified atom stereocenters. The van der Waals surface area contributed by atoms with Crippen molar-refractivity contribution in [1.29, 1.82) is 0 Å². The molecule has 0 atom stereocenters. The van der Waals surface area contributed by atoms with E-state index in [-0.39, 0.29) is 5.56 Å². The van der Waals surface area contributed by atoms with Crippen molar-refractivity contribution >= 4 is 13.1 Å². The summed E-state index contributed by atoms with van der Waals surface area (Å²) in [4.78, 5) is 30.4. The van der Waals surface area contributed by atoms with E-state index in [1.54, 1.807) is 13.2 Å². The number of carbonyl (C=O) groups excluding carboxylic acids is 1. The predicted molar refractivity (Wildman–Crippen MR) is 116 cm³/mol. The van der Waals surface area contributed by atoms with Crippen LogP contribution >= 0.6 is 7.60 Å². The van der Waals surface area contributed by atoms with Gasteiger partial charge in [-0.25, -0.2) is 0 Å². The summed E-state index contributed by atoms with van der Waals surface area (Å²) in [5, 5.41) is 0. The van der Waals surface area contributed by atoms with Gasteiger partial charge in [-0.05, 0) is 53.6 Å². The van der Waals surface area contributed by atoms with Crippen LogP contribution in [-0.4, -0.2) is 35.6 Å². The number of hydrogen-bond donors (Lipinski definition) is 2. The highest BCUT2D eigenvalue weighted by Crippen LogP contribution is 2.40. The van der Waals surface area contributed by atoms with E-state index in [4.69, 9.17) is 14.2 Å². The summed E-state index contributed by atoms with van der Waals surface area (Å²) in [6, 6.07) is 21.2. The van der Waals surface area contributed by atoms with Crippen LogP contribution in [0.2, 0.25) is 0 Å². The molecule has 31 heavy (non-hydrogen) atoms. The van der Waals surface area contributed by atoms with Crippen molar-refractivity contribution in [3.8, 4) is 17.2 Å². The minimum absolute atomic E-state index is 0.0635. The van der Waals surface area contributed by atoms with E-state index in [0.29, 0.717) is 36.7 Å². The predicted octanol–water partition coefficient (Wildman–Crippen LogP) is 4.41. The Balaban J connectivity index is 1.81. The molecule has 0 heterocycles. The summed E-state index contributed by atoms with van der Waals surface area (Å²) in [7, 11) is -3.32. The maximum absolute atomic E-state index is 12.0. The smallest absolute Gasteiger partial charge is 0.396 e. The molecule has 0 radical (unpaired) electrons. The zero-order valence-corrected chi connectivity index (χ0v) is 17.8. The second-order valence-corrected chi connectivity index (χ2v) is 8.24. The average Bonchev–Trinajstić information content (AvgIpc) is 2.76. The molecule has 0 aliphatic carbocycles. The van der Waals surface area contributed by atoms with Crippen LogP contribution in [0.1, 0.15) is 21.5 Å². The molecule has 0 saturated carbocycles. The molecule has 8 heteroatoms. The summed E-state index contributed by atoms with van der Waals surface area (Å²) >= 11 is 0. The van der Waals surface area contributed by atoms with Gasteiger partial charge in [-0.2, -0.15) is 0 Å². The van der Waals surface area contributed by atoms with Gasteiger partial charge in [-0.3, -0.25) is 9.36 Å². The fraction of sp³-hybridized carbons (Fsp3) is 0.174. The average molecular weight is 442 g/mol. The molecule has 2 N–H and O–H groups in total. The van der Waals surface area contributed by atoms with Crippen LogP contribution in [-0.2, 0) is 15.7 Å². The van der Waals surface area contributed by atoms with Crippen molar-refractivity contribution in [3.63, 3.8) is 0 Å². The molecule has 0 spiro atoms. The molecule has 0 amide bonds. The molecule has 7 nitrogen and oxygen atoms in total. The second kappa shape index (κ2) is 10.4. The van der Waals surface area contributed by atoms with Crippen molar-refractivity contribution in [2.45, 2.75) is 6.42 Å². The molecule has 3 aromatic carbocycles. The van der Waals surface area contributed by atoms with E-state index in [0.717, 1.165) is 11.3 Å². The Morgan fingerprint density at radius 2 is 1.58 bits per heavy atom. The maximum atomic E-state index is 12.0. The minimum Gasteiger partial charge on any atom is -0.491 e. The third kappa shape index (κ3) is 6.51. The van der Waals surface area contributed by atoms with Gasteiger partial charge in [-0.15, -0.1) is 0 Å². The van der Waals surface area contributed by atoms with Crippen molar-refractivity contribution in [1.82, 2.24) is 0 Å². The number of benzene rings is 3. The van der Waals surface area contributed by atoms with E-state index in [1.165, 1.54) is 12.1 Å². The fourth-order valence-corrected chi connectivity index (χ4v) is 3.39. The zero-order chi connectivity index (χ0) is 22.3. The van der Waals surface area contributed by atoms with Gasteiger partial charge in [-0.1, -0.05) is 30.3 Å². The third-order valence-corrected chi connectivity index (χ3v) is 5.20. The fourth-order valence-electron chi connectivity index (χ4n) is 2.91. The lowest BCUT2D eigenvalue weighted by Gasteiger charge is -2.14. The number of para-hydroxylation sites is 1. The highest BCUT2D eigenvalue weighted by atomic mass is 31.2. The van der Waals surface area contributed by atoms with Gasteiger partial charge in [0, 0.05) is 19.1 Å². The first-order chi connectivity index (χ1) is 14.9. The van der Waals surface area contributed by atoms with Crippen molar-refractivity contribution in [2.24, 2.45) is 0 Å². The summed E-state index contributed by atoms with van der Waals surface area (Å²) in [5.74, 6) is 1.92. The monoisotopic (exact) mass is 442 g/mol. The lowest BCUT2D eigenvalue weighted by atomic mass is 10.0. The minimum atomic E-state index is -4.88. The van der Waals surface area contributed by atoms with Gasteiger partial charge in [0.15, 0.2) is 0 Å². The molecule has 0 bridgehead atoms. The SMILES string of the molecule is COCCOc1ccc(C(=O)P(=O)(O)O)cc1Cc1ccc(Oc2ccccc2)cc1. The van der Waals surface area contributed by atoms with E-state index in [1.807, 2.05) is 54.6 Å². The van der Waals surface area contributed by atoms with Crippen LogP contribution in [0, 0.1) is 0 Å². The maximum Gasteiger partial charge on any atom is 0.396 e. The highest BCUT2D eigenvalue weighted by Gasteiger charge is 2.28. The summed E-state index contributed by atoms with van der Waals surface area (Å²) in [5.41, 5.74) is 0.264. The Hall–Kier alpha value is -2.96. The first-order valence-electron chi connectivity index (χ1n) is 9.54. The molecular formula is C23H23O7P. The van der Waals surface area contributed by atoms with E-state index in [2.05, 4.69) is 0 Å². The molecule has 0 aliphatic rings. The quantitative estimate of drug-likeness (QED) is 0.354. The van der Waals surface area contributed by atoms with Gasteiger partial charge in [0.25, 0.3) is 5.52 Å². The first-order valence-corrected chi connectivity index (χ1v) is 11.1. The van der Waals surface area contributed by atoms with Crippen LogP contribution in [0.4, 0.5) is 0 Å². The zero-order valence-electron chi connectivity index (χ0n) is 16.9. The second-order valence-electron chi connectivity index (χ2n) is 6.75. The molecular weight excluding hydrogens is 419 g/mol. The number of methoxy groups -OCH3 is 1. The third-order valence-electron chi connectivity index (χ3n) is 4.41.